The molecule has 0 heterocycles. The number of fused-ring (bicyclic) bond motifs is 6. The van der Waals surface area contributed by atoms with Gasteiger partial charge in [0, 0.05) is 27.9 Å². The van der Waals surface area contributed by atoms with Gasteiger partial charge in [-0.15, -0.1) is 0 Å². The van der Waals surface area contributed by atoms with Gasteiger partial charge in [-0.3, -0.25) is 0 Å². The van der Waals surface area contributed by atoms with Gasteiger partial charge in [0.05, 0.1) is 0 Å². The molecule has 288 valence electrons. The number of hydrogen-bond donors (Lipinski definition) is 0. The molecule has 4 fully saturated rings. The van der Waals surface area contributed by atoms with Crippen molar-refractivity contribution in [2.75, 3.05) is 4.90 Å². The molecule has 0 aromatic heterocycles. The van der Waals surface area contributed by atoms with Crippen molar-refractivity contribution in [3.63, 3.8) is 0 Å². The molecule has 0 atom stereocenters. The molecule has 59 heavy (non-hydrogen) atoms. The highest BCUT2D eigenvalue weighted by molar-refractivity contribution is 5.90. The maximum Gasteiger partial charge on any atom is 0.0468 e. The molecule has 0 saturated heterocycles. The number of nitrogens with zero attached hydrogens (tertiary/aromatic N) is 1. The Morgan fingerprint density at radius 2 is 1.02 bits per heavy atom. The molecule has 0 N–H and O–H groups in total. The Morgan fingerprint density at radius 1 is 0.475 bits per heavy atom. The Kier molecular flexibility index (Phi) is 7.60. The van der Waals surface area contributed by atoms with Crippen LogP contribution in [-0.2, 0) is 10.8 Å². The van der Waals surface area contributed by atoms with Gasteiger partial charge in [-0.25, -0.2) is 0 Å². The van der Waals surface area contributed by atoms with Crippen molar-refractivity contribution in [1.82, 2.24) is 0 Å². The van der Waals surface area contributed by atoms with E-state index in [4.69, 9.17) is 0 Å². The van der Waals surface area contributed by atoms with Crippen LogP contribution in [0.3, 0.4) is 0 Å². The van der Waals surface area contributed by atoms with Crippen molar-refractivity contribution in [2.24, 2.45) is 23.7 Å². The smallest absolute Gasteiger partial charge is 0.0468 e. The van der Waals surface area contributed by atoms with Crippen molar-refractivity contribution >= 4 is 23.1 Å². The van der Waals surface area contributed by atoms with Crippen molar-refractivity contribution in [3.05, 3.63) is 192 Å². The van der Waals surface area contributed by atoms with Crippen molar-refractivity contribution < 1.29 is 0 Å². The maximum absolute atomic E-state index is 4.22. The van der Waals surface area contributed by atoms with Crippen LogP contribution in [0, 0.1) is 30.6 Å². The van der Waals surface area contributed by atoms with Crippen LogP contribution >= 0.6 is 0 Å². The quantitative estimate of drug-likeness (QED) is 0.163. The van der Waals surface area contributed by atoms with E-state index < -0.39 is 0 Å². The minimum Gasteiger partial charge on any atom is -0.310 e. The van der Waals surface area contributed by atoms with E-state index in [0.717, 1.165) is 34.9 Å². The number of benzene rings is 7. The van der Waals surface area contributed by atoms with E-state index >= 15 is 0 Å². The van der Waals surface area contributed by atoms with E-state index in [2.05, 4.69) is 184 Å². The Labute approximate surface area is 350 Å². The van der Waals surface area contributed by atoms with Crippen LogP contribution in [0.1, 0.15) is 79.3 Å². The Bertz CT molecular complexity index is 2820. The summed E-state index contributed by atoms with van der Waals surface area (Å²) in [5.74, 6) is 3.37. The predicted octanol–water partition coefficient (Wildman–Crippen LogP) is 15.5. The molecule has 7 aromatic rings. The summed E-state index contributed by atoms with van der Waals surface area (Å²) in [7, 11) is 0. The lowest BCUT2D eigenvalue weighted by Crippen LogP contribution is -2.55. The lowest BCUT2D eigenvalue weighted by atomic mass is 9.43. The van der Waals surface area contributed by atoms with E-state index in [-0.39, 0.29) is 10.8 Å². The SMILES string of the molecule is C=Cc1cc(-c2ccc(N(c3ccc4c(c3)-c3ccccc3C43C4CC5CC(C4)CC3C5)c3ccc4c(c3)C(C)(C)c3ccccc3-4)cc2)ccc1-c1ccccc1C. The predicted molar refractivity (Wildman–Crippen MR) is 248 cm³/mol. The third kappa shape index (κ3) is 4.97. The summed E-state index contributed by atoms with van der Waals surface area (Å²) in [4.78, 5) is 2.52. The van der Waals surface area contributed by atoms with Crippen LogP contribution in [0.15, 0.2) is 158 Å². The van der Waals surface area contributed by atoms with Gasteiger partial charge < -0.3 is 4.90 Å². The van der Waals surface area contributed by atoms with Crippen molar-refractivity contribution in [3.8, 4) is 44.5 Å². The second-order valence-electron chi connectivity index (χ2n) is 19.1. The zero-order valence-electron chi connectivity index (χ0n) is 34.5. The standard InChI is InChI=1S/C58H51N/c1-5-39-33-41(20-25-48(39)47-13-7-6-12-36(47)2)40-18-21-44(22-19-40)59(46-23-26-51-49-14-8-10-16-53(49)57(3,4)56(51)35-46)45-24-27-55-52(34-45)50-15-9-11-17-54(50)58(55)42-29-37-28-38(31-42)32-43(58)30-37/h5-27,33-35,37-38,42-43H,1,28-32H2,2-4H3. The molecule has 0 unspecified atom stereocenters. The fourth-order valence-electron chi connectivity index (χ4n) is 13.4. The van der Waals surface area contributed by atoms with Gasteiger partial charge in [-0.1, -0.05) is 136 Å². The summed E-state index contributed by atoms with van der Waals surface area (Å²) in [6.07, 6.45) is 9.07. The molecule has 1 spiro atoms. The van der Waals surface area contributed by atoms with E-state index in [0.29, 0.717) is 0 Å². The molecular formula is C58H51N. The lowest BCUT2D eigenvalue weighted by Gasteiger charge is -2.61. The molecule has 1 nitrogen and oxygen atoms in total. The van der Waals surface area contributed by atoms with Crippen LogP contribution in [0.4, 0.5) is 17.1 Å². The maximum atomic E-state index is 4.22. The van der Waals surface area contributed by atoms with E-state index in [1.807, 2.05) is 6.08 Å². The summed E-state index contributed by atoms with van der Waals surface area (Å²) >= 11 is 0. The van der Waals surface area contributed by atoms with Gasteiger partial charge in [0.15, 0.2) is 0 Å². The zero-order valence-corrected chi connectivity index (χ0v) is 34.5. The number of anilines is 3. The van der Waals surface area contributed by atoms with Crippen LogP contribution in [0.2, 0.25) is 0 Å². The highest BCUT2D eigenvalue weighted by Gasteiger charge is 2.61. The zero-order chi connectivity index (χ0) is 39.6. The van der Waals surface area contributed by atoms with Crippen molar-refractivity contribution in [1.29, 1.82) is 0 Å². The van der Waals surface area contributed by atoms with Gasteiger partial charge in [0.2, 0.25) is 0 Å². The normalized spacial score (nSPS) is 23.4. The molecule has 0 aliphatic heterocycles. The molecule has 6 aliphatic rings. The Balaban J connectivity index is 0.993. The molecule has 4 bridgehead atoms. The highest BCUT2D eigenvalue weighted by atomic mass is 15.1. The summed E-state index contributed by atoms with van der Waals surface area (Å²) in [5.41, 5.74) is 22.6. The first-order valence-corrected chi connectivity index (χ1v) is 22.0. The average Bonchev–Trinajstić information content (AvgIpc) is 3.68. The number of hydrogen-bond acceptors (Lipinski definition) is 1. The van der Waals surface area contributed by atoms with Gasteiger partial charge in [0.25, 0.3) is 0 Å². The average molecular weight is 762 g/mol. The molecule has 13 rings (SSSR count). The highest BCUT2D eigenvalue weighted by Crippen LogP contribution is 2.69. The second-order valence-corrected chi connectivity index (χ2v) is 19.1. The summed E-state index contributed by atoms with van der Waals surface area (Å²) in [5, 5.41) is 0. The summed E-state index contributed by atoms with van der Waals surface area (Å²) in [6, 6.07) is 57.9. The van der Waals surface area contributed by atoms with Crippen LogP contribution in [-0.4, -0.2) is 0 Å². The first-order valence-electron chi connectivity index (χ1n) is 22.0. The lowest BCUT2D eigenvalue weighted by molar-refractivity contribution is -0.0399. The van der Waals surface area contributed by atoms with Gasteiger partial charge in [-0.05, 0) is 183 Å². The third-order valence-corrected chi connectivity index (χ3v) is 15.8. The van der Waals surface area contributed by atoms with Crippen LogP contribution < -0.4 is 4.90 Å². The molecule has 7 aromatic carbocycles. The fourth-order valence-corrected chi connectivity index (χ4v) is 13.4. The minimum atomic E-state index is -0.0898. The molecule has 6 aliphatic carbocycles. The van der Waals surface area contributed by atoms with E-state index in [1.165, 1.54) is 105 Å². The summed E-state index contributed by atoms with van der Waals surface area (Å²) < 4.78 is 0. The second kappa shape index (κ2) is 12.8. The Morgan fingerprint density at radius 3 is 1.73 bits per heavy atom. The van der Waals surface area contributed by atoms with E-state index in [9.17, 15) is 0 Å². The number of rotatable bonds is 6. The van der Waals surface area contributed by atoms with Crippen LogP contribution in [0.5, 0.6) is 0 Å². The molecule has 0 amide bonds. The topological polar surface area (TPSA) is 3.24 Å². The Hall–Kier alpha value is -5.92. The van der Waals surface area contributed by atoms with Gasteiger partial charge >= 0.3 is 0 Å². The van der Waals surface area contributed by atoms with Crippen molar-refractivity contribution in [2.45, 2.75) is 63.7 Å². The first-order chi connectivity index (χ1) is 28.8. The van der Waals surface area contributed by atoms with Gasteiger partial charge in [0.1, 0.15) is 0 Å². The third-order valence-electron chi connectivity index (χ3n) is 15.8. The molecule has 1 heteroatoms. The van der Waals surface area contributed by atoms with Gasteiger partial charge in [-0.2, -0.15) is 0 Å². The summed E-state index contributed by atoms with van der Waals surface area (Å²) in [6.45, 7) is 11.2. The molecular weight excluding hydrogens is 711 g/mol. The monoisotopic (exact) mass is 761 g/mol. The van der Waals surface area contributed by atoms with E-state index in [1.54, 1.807) is 11.1 Å². The minimum absolute atomic E-state index is 0.0898. The molecule has 0 radical (unpaired) electrons. The van der Waals surface area contributed by atoms with Crippen LogP contribution in [0.25, 0.3) is 50.6 Å². The fraction of sp³-hybridized carbons (Fsp3) is 0.241. The molecule has 4 saturated carbocycles. The largest absolute Gasteiger partial charge is 0.310 e. The first kappa shape index (κ1) is 35.1. The number of aryl methyl sites for hydroxylation is 1.